The van der Waals surface area contributed by atoms with Gasteiger partial charge in [0.15, 0.2) is 0 Å². The first kappa shape index (κ1) is 65.7. The average molecular weight is 1440 g/mol. The molecule has 20 rings (SSSR count). The Labute approximate surface area is 537 Å². The molecule has 8 atom stereocenters. The van der Waals surface area contributed by atoms with Gasteiger partial charge in [0.05, 0.1) is 22.8 Å². The van der Waals surface area contributed by atoms with Crippen LogP contribution < -0.4 is 0 Å². The first-order chi connectivity index (χ1) is 39.5. The van der Waals surface area contributed by atoms with E-state index in [0.29, 0.717) is 45.3 Å². The van der Waals surface area contributed by atoms with E-state index in [4.69, 9.17) is 39.9 Å². The van der Waals surface area contributed by atoms with E-state index in [1.807, 2.05) is 0 Å². The Morgan fingerprint density at radius 2 is 0.489 bits per heavy atom. The second-order valence-electron chi connectivity index (χ2n) is 27.0. The van der Waals surface area contributed by atoms with Crippen LogP contribution in [-0.4, -0.2) is 39.9 Å². The van der Waals surface area contributed by atoms with Crippen molar-refractivity contribution in [3.8, 4) is 65.6 Å². The number of aromatic nitrogens is 8. The normalized spacial score (nSPS) is 26.6. The van der Waals surface area contributed by atoms with Crippen LogP contribution in [0.5, 0.6) is 0 Å². The molecular weight excluding hydrogens is 1380 g/mol. The van der Waals surface area contributed by atoms with Gasteiger partial charge in [0.1, 0.15) is 42.8 Å². The first-order valence-corrected chi connectivity index (χ1v) is 36.0. The summed E-state index contributed by atoms with van der Waals surface area (Å²) in [4.78, 5) is 40.1. The van der Waals surface area contributed by atoms with Gasteiger partial charge in [0, 0.05) is 44.3 Å². The van der Waals surface area contributed by atoms with Crippen molar-refractivity contribution in [3.63, 3.8) is 0 Å². The molecule has 0 N–H and O–H groups in total. The average Bonchev–Trinajstić information content (AvgIpc) is 0.861. The number of halogens is 12. The topological polar surface area (TPSA) is 103 Å². The minimum atomic E-state index is -10.7. The van der Waals surface area contributed by atoms with Crippen LogP contribution in [0.3, 0.4) is 0 Å². The molecule has 0 unspecified atom stereocenters. The Kier molecular flexibility index (Phi) is 15.2. The van der Waals surface area contributed by atoms with Crippen LogP contribution in [0.1, 0.15) is 150 Å². The zero-order chi connectivity index (χ0) is 61.6. The van der Waals surface area contributed by atoms with Gasteiger partial charge in [-0.25, -0.2) is 39.9 Å². The Bertz CT molecular complexity index is 3580. The van der Waals surface area contributed by atoms with Crippen LogP contribution in [0.15, 0.2) is 70.1 Å². The number of nitrogens with zero attached hydrogens (tertiary/aromatic N) is 8. The summed E-state index contributed by atoms with van der Waals surface area (Å²) in [5.41, 5.74) is 20.5. The SMILES string of the molecule is CC1(C)[C@H]2Cc3nc(-c4nc(-c5csc(-c6ccc7c(n6)C[C@H]6C[C@@H]7C6(C)C)n5)cs4)ccc3[C@@H]1C2.CC1(C)[C@H]2Cc3nc(-c4nc(-c5csc(-c6ccc7c(n6)C[C@H]6C[C@@H]7C6(C)C)n5)cs4)ccc3[C@@H]1C2.F[P-](F)(F)(F)(F)F.F[P-](F)(F)(F)(F)F.[Cu+].[Cu+]. The zero-order valence-corrected chi connectivity index (χ0v) is 55.4. The molecule has 480 valence electrons. The molecule has 4 saturated carbocycles. The first-order valence-electron chi connectivity index (χ1n) is 28.4. The van der Waals surface area contributed by atoms with Gasteiger partial charge in [-0.1, -0.05) is 79.7 Å². The molecule has 0 spiro atoms. The molecule has 8 heterocycles. The van der Waals surface area contributed by atoms with Crippen molar-refractivity contribution in [1.29, 1.82) is 0 Å². The molecule has 0 aromatic carbocycles. The van der Waals surface area contributed by atoms with Gasteiger partial charge in [-0.3, -0.25) is 0 Å². The van der Waals surface area contributed by atoms with E-state index in [1.54, 1.807) is 45.3 Å². The molecule has 4 fully saturated rings. The van der Waals surface area contributed by atoms with E-state index >= 15 is 0 Å². The van der Waals surface area contributed by atoms with E-state index in [1.165, 1.54) is 70.7 Å². The predicted molar refractivity (Wildman–Crippen MR) is 320 cm³/mol. The van der Waals surface area contributed by atoms with Crippen LogP contribution in [0.4, 0.5) is 50.4 Å². The smallest absolute Gasteiger partial charge is 1.00 e. The maximum Gasteiger partial charge on any atom is 1.00 e. The van der Waals surface area contributed by atoms with Crippen LogP contribution in [0.25, 0.3) is 65.6 Å². The molecule has 0 radical (unpaired) electrons. The fraction of sp³-hybridized carbons (Fsp3) is 0.467. The third-order valence-electron chi connectivity index (χ3n) is 20.6. The predicted octanol–water partition coefficient (Wildman–Crippen LogP) is 22.3. The molecule has 0 saturated heterocycles. The van der Waals surface area contributed by atoms with Gasteiger partial charge in [-0.15, -0.1) is 45.3 Å². The van der Waals surface area contributed by atoms with E-state index in [-0.39, 0.29) is 34.1 Å². The van der Waals surface area contributed by atoms with Crippen molar-refractivity contribution in [2.45, 2.75) is 130 Å². The van der Waals surface area contributed by atoms with E-state index in [0.717, 1.165) is 115 Å². The zero-order valence-electron chi connectivity index (χ0n) is 48.4. The van der Waals surface area contributed by atoms with Gasteiger partial charge in [0.25, 0.3) is 0 Å². The van der Waals surface area contributed by atoms with Crippen LogP contribution in [-0.2, 0) is 59.8 Å². The maximum absolute atomic E-state index is 10.7. The van der Waals surface area contributed by atoms with Crippen molar-refractivity contribution in [2.75, 3.05) is 0 Å². The Hall–Kier alpha value is -3.82. The van der Waals surface area contributed by atoms with E-state index in [9.17, 15) is 50.4 Å². The second kappa shape index (κ2) is 20.3. The van der Waals surface area contributed by atoms with Gasteiger partial charge >= 0.3 is 100 Å². The third-order valence-corrected chi connectivity index (χ3v) is 24.1. The molecule has 88 heavy (non-hydrogen) atoms. The van der Waals surface area contributed by atoms with Gasteiger partial charge in [-0.05, 0) is 167 Å². The Morgan fingerprint density at radius 1 is 0.307 bits per heavy atom. The summed E-state index contributed by atoms with van der Waals surface area (Å²) in [7, 11) is -21.3. The Balaban J connectivity index is 0.000000147. The van der Waals surface area contributed by atoms with Crippen LogP contribution in [0.2, 0.25) is 0 Å². The largest absolute Gasteiger partial charge is 1.00 e. The summed E-state index contributed by atoms with van der Waals surface area (Å²) in [6.07, 6.45) is 9.72. The van der Waals surface area contributed by atoms with Gasteiger partial charge < -0.3 is 0 Å². The molecule has 0 aliphatic heterocycles. The summed E-state index contributed by atoms with van der Waals surface area (Å²) in [5.74, 6) is 5.76. The molecule has 8 nitrogen and oxygen atoms in total. The van der Waals surface area contributed by atoms with E-state index < -0.39 is 15.6 Å². The van der Waals surface area contributed by atoms with Crippen molar-refractivity contribution in [1.82, 2.24) is 39.9 Å². The van der Waals surface area contributed by atoms with Crippen molar-refractivity contribution >= 4 is 61.0 Å². The summed E-state index contributed by atoms with van der Waals surface area (Å²) < 4.78 is 118. The maximum atomic E-state index is 9.87. The number of rotatable bonds is 6. The van der Waals surface area contributed by atoms with Crippen molar-refractivity contribution in [3.05, 3.63) is 115 Å². The number of thiazole rings is 4. The monoisotopic (exact) mass is 1440 g/mol. The van der Waals surface area contributed by atoms with Crippen molar-refractivity contribution < 1.29 is 84.5 Å². The molecule has 0 amide bonds. The standard InChI is InChI=1S/2C30H30N4S2.2Cu.2F6P/c2*1-29(2)15-9-19(29)17-5-7-21(31-23(17)11-15)27-33-25(13-35-27)26-14-36-28(34-26)22-8-6-18-20-10-16(30(20,3)4)12-24(18)32-22;;;2*1-7(2,3,4,5)6/h2*5-8,13-16,19-20H,9-12H2,1-4H3;;;;/q;;2*+1;2*-1/t2*15-,16-,19+,20+;;;;/m11..../s1. The van der Waals surface area contributed by atoms with Gasteiger partial charge in [0.2, 0.25) is 0 Å². The molecule has 8 aromatic heterocycles. The molecule has 12 aliphatic rings. The fourth-order valence-corrected chi connectivity index (χ4v) is 18.1. The summed E-state index contributed by atoms with van der Waals surface area (Å²) in [6, 6.07) is 17.9. The summed E-state index contributed by atoms with van der Waals surface area (Å²) in [6.45, 7) is 19.3. The minimum absolute atomic E-state index is 0. The minimum Gasteiger partial charge on any atom is 1.00 e. The molecule has 28 heteroatoms. The molecule has 8 aromatic rings. The number of pyridine rings is 4. The van der Waals surface area contributed by atoms with Crippen molar-refractivity contribution in [2.24, 2.45) is 45.3 Å². The fourth-order valence-electron chi connectivity index (χ4n) is 15.0. The number of hydrogen-bond acceptors (Lipinski definition) is 12. The molecular formula is C60H60Cu2F12N8P2S4. The third kappa shape index (κ3) is 13.0. The molecule has 8 bridgehead atoms. The van der Waals surface area contributed by atoms with E-state index in [2.05, 4.69) is 125 Å². The molecule has 12 aliphatic carbocycles. The Morgan fingerprint density at radius 3 is 0.659 bits per heavy atom. The van der Waals surface area contributed by atoms with Crippen LogP contribution in [0, 0.1) is 45.3 Å². The van der Waals surface area contributed by atoms with Crippen LogP contribution >= 0.6 is 61.0 Å². The number of hydrogen-bond donors (Lipinski definition) is 0. The second-order valence-corrected chi connectivity index (χ2v) is 34.3. The summed E-state index contributed by atoms with van der Waals surface area (Å²) >= 11 is 6.66. The quantitative estimate of drug-likeness (QED) is 0.0921. The van der Waals surface area contributed by atoms with Gasteiger partial charge in [-0.2, -0.15) is 0 Å². The summed E-state index contributed by atoms with van der Waals surface area (Å²) in [5, 5.41) is 12.4.